The van der Waals surface area contributed by atoms with Crippen LogP contribution < -0.4 is 0 Å². The maximum Gasteiger partial charge on any atom is 0.472 e. The Labute approximate surface area is 613 Å². The highest BCUT2D eigenvalue weighted by molar-refractivity contribution is 7.47. The molecule has 0 aromatic carbocycles. The summed E-state index contributed by atoms with van der Waals surface area (Å²) in [5, 5.41) is 10.6. The minimum atomic E-state index is -4.96. The first-order valence-corrected chi connectivity index (χ1v) is 44.7. The summed E-state index contributed by atoms with van der Waals surface area (Å²) >= 11 is 0. The van der Waals surface area contributed by atoms with Crippen molar-refractivity contribution in [2.45, 2.75) is 433 Å². The average molecular weight is 1470 g/mol. The molecule has 17 nitrogen and oxygen atoms in total. The Bertz CT molecular complexity index is 1960. The third kappa shape index (κ3) is 73.0. The molecule has 3 unspecified atom stereocenters. The van der Waals surface area contributed by atoms with Crippen molar-refractivity contribution >= 4 is 39.5 Å². The molecule has 0 saturated carbocycles. The molecule has 0 aliphatic carbocycles. The highest BCUT2D eigenvalue weighted by Crippen LogP contribution is 2.45. The van der Waals surface area contributed by atoms with Crippen molar-refractivity contribution in [2.24, 2.45) is 23.7 Å². The van der Waals surface area contributed by atoms with Crippen molar-refractivity contribution in [3.05, 3.63) is 0 Å². The fourth-order valence-corrected chi connectivity index (χ4v) is 14.0. The number of ether oxygens (including phenoxy) is 4. The first kappa shape index (κ1) is 98.1. The maximum atomic E-state index is 13.1. The Morgan fingerprint density at radius 2 is 0.480 bits per heavy atom. The van der Waals surface area contributed by atoms with Gasteiger partial charge in [-0.1, -0.05) is 364 Å². The van der Waals surface area contributed by atoms with Crippen LogP contribution in [0.3, 0.4) is 0 Å². The van der Waals surface area contributed by atoms with E-state index in [1.807, 2.05) is 0 Å². The van der Waals surface area contributed by atoms with Crippen LogP contribution in [0.15, 0.2) is 0 Å². The number of unbranched alkanes of at least 4 members (excludes halogenated alkanes) is 43. The molecule has 3 N–H and O–H groups in total. The molecule has 0 aromatic heterocycles. The number of carbonyl (C=O) groups excluding carboxylic acids is 4. The van der Waals surface area contributed by atoms with E-state index in [4.69, 9.17) is 37.0 Å². The fraction of sp³-hybridized carbons (Fsp3) is 0.951. The van der Waals surface area contributed by atoms with Gasteiger partial charge in [0.2, 0.25) is 0 Å². The van der Waals surface area contributed by atoms with Crippen molar-refractivity contribution in [1.82, 2.24) is 0 Å². The average Bonchev–Trinajstić information content (AvgIpc) is 0.984. The molecule has 0 spiro atoms. The normalized spacial score (nSPS) is 14.3. The van der Waals surface area contributed by atoms with Gasteiger partial charge in [0.05, 0.1) is 26.4 Å². The van der Waals surface area contributed by atoms with Crippen LogP contribution in [0.4, 0.5) is 0 Å². The molecule has 594 valence electrons. The zero-order valence-electron chi connectivity index (χ0n) is 65.8. The lowest BCUT2D eigenvalue weighted by Gasteiger charge is -2.21. The predicted molar refractivity (Wildman–Crippen MR) is 409 cm³/mol. The van der Waals surface area contributed by atoms with Gasteiger partial charge in [0.1, 0.15) is 19.3 Å². The van der Waals surface area contributed by atoms with E-state index in [2.05, 4.69) is 55.4 Å². The topological polar surface area (TPSA) is 237 Å². The van der Waals surface area contributed by atoms with Gasteiger partial charge in [-0.25, -0.2) is 9.13 Å². The van der Waals surface area contributed by atoms with Gasteiger partial charge in [-0.2, -0.15) is 0 Å². The summed E-state index contributed by atoms with van der Waals surface area (Å²) in [7, 11) is -9.92. The number of phosphoric ester groups is 2. The molecular weight excluding hydrogens is 1310 g/mol. The van der Waals surface area contributed by atoms with Gasteiger partial charge >= 0.3 is 39.5 Å². The van der Waals surface area contributed by atoms with E-state index in [1.165, 1.54) is 212 Å². The van der Waals surface area contributed by atoms with E-state index in [1.54, 1.807) is 0 Å². The molecule has 0 aliphatic rings. The highest BCUT2D eigenvalue weighted by Gasteiger charge is 2.30. The number of rotatable bonds is 78. The van der Waals surface area contributed by atoms with Gasteiger partial charge in [-0.05, 0) is 49.4 Å². The van der Waals surface area contributed by atoms with E-state index in [0.717, 1.165) is 120 Å². The smallest absolute Gasteiger partial charge is 0.462 e. The number of hydrogen-bond donors (Lipinski definition) is 3. The van der Waals surface area contributed by atoms with Crippen LogP contribution in [0.25, 0.3) is 0 Å². The van der Waals surface area contributed by atoms with E-state index in [-0.39, 0.29) is 25.7 Å². The molecular formula is C81H158O17P2. The van der Waals surface area contributed by atoms with Crippen LogP contribution >= 0.6 is 15.6 Å². The van der Waals surface area contributed by atoms with Gasteiger partial charge in [0.25, 0.3) is 0 Å². The Balaban J connectivity index is 5.24. The summed E-state index contributed by atoms with van der Waals surface area (Å²) in [6.07, 6.45) is 56.9. The molecule has 6 atom stereocenters. The third-order valence-corrected chi connectivity index (χ3v) is 21.1. The largest absolute Gasteiger partial charge is 0.472 e. The number of aliphatic hydroxyl groups is 1. The summed E-state index contributed by atoms with van der Waals surface area (Å²) in [6, 6.07) is 0. The third-order valence-electron chi connectivity index (χ3n) is 19.2. The number of phosphoric acid groups is 2. The molecule has 0 bridgehead atoms. The van der Waals surface area contributed by atoms with Crippen molar-refractivity contribution in [2.75, 3.05) is 39.6 Å². The summed E-state index contributed by atoms with van der Waals surface area (Å²) in [4.78, 5) is 73.0. The molecule has 0 amide bonds. The lowest BCUT2D eigenvalue weighted by Crippen LogP contribution is -2.30. The minimum Gasteiger partial charge on any atom is -0.462 e. The first-order valence-electron chi connectivity index (χ1n) is 41.7. The predicted octanol–water partition coefficient (Wildman–Crippen LogP) is 24.0. The number of aliphatic hydroxyl groups excluding tert-OH is 1. The second-order valence-electron chi connectivity index (χ2n) is 30.8. The Morgan fingerprint density at radius 3 is 0.710 bits per heavy atom. The zero-order valence-corrected chi connectivity index (χ0v) is 67.6. The van der Waals surface area contributed by atoms with Crippen molar-refractivity contribution < 1.29 is 80.2 Å². The molecule has 0 heterocycles. The van der Waals surface area contributed by atoms with Crippen molar-refractivity contribution in [3.63, 3.8) is 0 Å². The van der Waals surface area contributed by atoms with Gasteiger partial charge in [-0.15, -0.1) is 0 Å². The van der Waals surface area contributed by atoms with E-state index >= 15 is 0 Å². The molecule has 0 saturated heterocycles. The number of esters is 4. The molecule has 19 heteroatoms. The van der Waals surface area contributed by atoms with Crippen LogP contribution in [-0.4, -0.2) is 96.7 Å². The van der Waals surface area contributed by atoms with Crippen LogP contribution in [0.5, 0.6) is 0 Å². The molecule has 0 aromatic rings. The van der Waals surface area contributed by atoms with Crippen LogP contribution in [0.1, 0.15) is 415 Å². The maximum absolute atomic E-state index is 13.1. The quantitative estimate of drug-likeness (QED) is 0.0222. The van der Waals surface area contributed by atoms with Gasteiger partial charge in [0.15, 0.2) is 12.2 Å². The van der Waals surface area contributed by atoms with Crippen LogP contribution in [-0.2, 0) is 65.4 Å². The summed E-state index contributed by atoms with van der Waals surface area (Å²) < 4.78 is 68.7. The lowest BCUT2D eigenvalue weighted by atomic mass is 10.00. The Morgan fingerprint density at radius 1 is 0.280 bits per heavy atom. The van der Waals surface area contributed by atoms with Crippen molar-refractivity contribution in [1.29, 1.82) is 0 Å². The van der Waals surface area contributed by atoms with Crippen molar-refractivity contribution in [3.8, 4) is 0 Å². The van der Waals surface area contributed by atoms with E-state index < -0.39 is 97.5 Å². The van der Waals surface area contributed by atoms with Crippen LogP contribution in [0.2, 0.25) is 0 Å². The molecule has 0 fully saturated rings. The summed E-state index contributed by atoms with van der Waals surface area (Å²) in [6.45, 7) is 14.3. The molecule has 0 aliphatic heterocycles. The first-order chi connectivity index (χ1) is 48.1. The highest BCUT2D eigenvalue weighted by atomic mass is 31.2. The van der Waals surface area contributed by atoms with E-state index in [0.29, 0.717) is 25.7 Å². The fourth-order valence-electron chi connectivity index (χ4n) is 12.4. The number of hydrogen-bond acceptors (Lipinski definition) is 15. The second kappa shape index (κ2) is 70.1. The van der Waals surface area contributed by atoms with Gasteiger partial charge < -0.3 is 33.8 Å². The Kier molecular flexibility index (Phi) is 68.7. The SMILES string of the molecule is CCC(C)CCCCCCCCC(=O)OC[C@H](COP(=O)(O)OC[C@H](O)COP(=O)(O)OC[C@@H](COC(=O)CCCCCCCCCCCCCCCCCCC(C)C)OC(=O)CCCCCCCCCCCCCCCCC(C)C)OC(=O)CCCCCCCCCCCCCC(C)C. The Hall–Kier alpha value is -1.94. The monoisotopic (exact) mass is 1470 g/mol. The summed E-state index contributed by atoms with van der Waals surface area (Å²) in [5.41, 5.74) is 0. The number of carbonyl (C=O) groups is 4. The second-order valence-corrected chi connectivity index (χ2v) is 33.7. The van der Waals surface area contributed by atoms with Crippen LogP contribution in [0, 0.1) is 23.7 Å². The van der Waals surface area contributed by atoms with Gasteiger partial charge in [-0.3, -0.25) is 37.3 Å². The standard InChI is InChI=1S/C81H158O17P2/c1-9-74(8)60-52-44-39-40-46-54-62-79(84)92-68-77(98-81(86)64-56-48-38-32-26-20-23-29-35-43-51-59-73(6)7)70-96-100(89,90)94-66-75(82)65-93-99(87,88)95-69-76(97-80(85)63-55-47-37-31-25-19-15-14-17-22-28-34-42-50-58-72(4)5)67-91-78(83)61-53-45-36-30-24-18-13-11-10-12-16-21-27-33-41-49-57-71(2)3/h71-77,82H,9-70H2,1-8H3,(H,87,88)(H,89,90)/t74?,75-,76-,77-/m1/s1. The zero-order chi connectivity index (χ0) is 73.8. The lowest BCUT2D eigenvalue weighted by molar-refractivity contribution is -0.161. The summed E-state index contributed by atoms with van der Waals surface area (Å²) in [5.74, 6) is 0.989. The van der Waals surface area contributed by atoms with Gasteiger partial charge in [0, 0.05) is 25.7 Å². The molecule has 0 radical (unpaired) electrons. The minimum absolute atomic E-state index is 0.105. The molecule has 100 heavy (non-hydrogen) atoms. The van der Waals surface area contributed by atoms with E-state index in [9.17, 15) is 43.2 Å². The molecule has 0 rings (SSSR count).